The fourth-order valence-electron chi connectivity index (χ4n) is 5.31. The van der Waals surface area contributed by atoms with E-state index >= 15 is 0 Å². The number of benzene rings is 2. The van der Waals surface area contributed by atoms with Crippen LogP contribution in [0.4, 0.5) is 11.5 Å². The minimum Gasteiger partial charge on any atom is -0.495 e. The lowest BCUT2D eigenvalue weighted by molar-refractivity contribution is -0.117. The van der Waals surface area contributed by atoms with Crippen LogP contribution >= 0.6 is 0 Å². The molecule has 35 heavy (non-hydrogen) atoms. The third-order valence-electron chi connectivity index (χ3n) is 7.02. The maximum Gasteiger partial charge on any atom is 0.239 e. The van der Waals surface area contributed by atoms with Crippen LogP contribution in [-0.2, 0) is 17.6 Å². The Morgan fingerprint density at radius 2 is 1.71 bits per heavy atom. The van der Waals surface area contributed by atoms with Crippen molar-refractivity contribution in [1.82, 2.24) is 9.47 Å². The van der Waals surface area contributed by atoms with Gasteiger partial charge in [-0.15, -0.1) is 0 Å². The molecule has 3 aromatic rings. The molecular weight excluding hydrogens is 438 g/mol. The van der Waals surface area contributed by atoms with Gasteiger partial charge in [0.05, 0.1) is 24.9 Å². The Bertz CT molecular complexity index is 1240. The van der Waals surface area contributed by atoms with Gasteiger partial charge in [-0.25, -0.2) is 0 Å². The highest BCUT2D eigenvalue weighted by Gasteiger charge is 2.28. The summed E-state index contributed by atoms with van der Waals surface area (Å²) in [5.41, 5.74) is 4.91. The highest BCUT2D eigenvalue weighted by atomic mass is 16.5. The Hall–Kier alpha value is -3.76. The smallest absolute Gasteiger partial charge is 0.239 e. The van der Waals surface area contributed by atoms with E-state index in [1.54, 1.807) is 7.11 Å². The Morgan fingerprint density at radius 1 is 1.00 bits per heavy atom. The van der Waals surface area contributed by atoms with Crippen LogP contribution in [0.1, 0.15) is 29.7 Å². The van der Waals surface area contributed by atoms with Crippen molar-refractivity contribution in [2.24, 2.45) is 0 Å². The minimum atomic E-state index is -0.0840. The van der Waals surface area contributed by atoms with Crippen molar-refractivity contribution in [1.29, 1.82) is 5.26 Å². The summed E-state index contributed by atoms with van der Waals surface area (Å²) in [6.07, 6.45) is 3.97. The predicted molar refractivity (Wildman–Crippen MR) is 137 cm³/mol. The Balaban J connectivity index is 1.31. The number of nitrogens with one attached hydrogen (secondary N) is 1. The molecule has 0 spiro atoms. The molecule has 1 aliphatic carbocycles. The van der Waals surface area contributed by atoms with E-state index in [1.807, 2.05) is 48.5 Å². The zero-order valence-electron chi connectivity index (χ0n) is 20.2. The maximum absolute atomic E-state index is 13.2. The molecular formula is C28H31N5O2. The van der Waals surface area contributed by atoms with Crippen molar-refractivity contribution in [3.05, 3.63) is 71.4 Å². The van der Waals surface area contributed by atoms with Gasteiger partial charge in [-0.3, -0.25) is 14.3 Å². The van der Waals surface area contributed by atoms with Crippen LogP contribution < -0.4 is 15.0 Å². The van der Waals surface area contributed by atoms with Gasteiger partial charge in [0.1, 0.15) is 17.6 Å². The molecule has 7 heteroatoms. The largest absolute Gasteiger partial charge is 0.495 e. The van der Waals surface area contributed by atoms with Crippen LogP contribution in [0.25, 0.3) is 5.69 Å². The average molecular weight is 470 g/mol. The summed E-state index contributed by atoms with van der Waals surface area (Å²) in [4.78, 5) is 17.7. The summed E-state index contributed by atoms with van der Waals surface area (Å²) in [6.45, 7) is 3.52. The molecule has 0 radical (unpaired) electrons. The molecule has 1 N–H and O–H groups in total. The molecule has 1 fully saturated rings. The summed E-state index contributed by atoms with van der Waals surface area (Å²) < 4.78 is 7.60. The van der Waals surface area contributed by atoms with E-state index in [0.717, 1.165) is 80.2 Å². The predicted octanol–water partition coefficient (Wildman–Crippen LogP) is 4.00. The number of amides is 1. The number of carbonyl (C=O) groups excluding carboxylic acids is 1. The number of anilines is 2. The van der Waals surface area contributed by atoms with Crippen LogP contribution in [0, 0.1) is 11.3 Å². The lowest BCUT2D eigenvalue weighted by atomic mass is 9.95. The van der Waals surface area contributed by atoms with Crippen LogP contribution in [0.2, 0.25) is 0 Å². The van der Waals surface area contributed by atoms with Gasteiger partial charge in [-0.2, -0.15) is 5.26 Å². The second kappa shape index (κ2) is 10.2. The molecule has 0 bridgehead atoms. The third-order valence-corrected chi connectivity index (χ3v) is 7.02. The van der Waals surface area contributed by atoms with Crippen LogP contribution in [0.3, 0.4) is 0 Å². The van der Waals surface area contributed by atoms with Crippen LogP contribution in [0.15, 0.2) is 54.6 Å². The van der Waals surface area contributed by atoms with Gasteiger partial charge in [0.25, 0.3) is 0 Å². The van der Waals surface area contributed by atoms with E-state index < -0.39 is 0 Å². The number of hydrogen-bond donors (Lipinski definition) is 1. The molecule has 2 aliphatic rings. The van der Waals surface area contributed by atoms with Crippen molar-refractivity contribution in [3.8, 4) is 17.5 Å². The molecule has 0 saturated carbocycles. The van der Waals surface area contributed by atoms with Crippen molar-refractivity contribution in [2.75, 3.05) is 50.1 Å². The molecule has 1 saturated heterocycles. The Kier molecular flexibility index (Phi) is 6.73. The van der Waals surface area contributed by atoms with E-state index in [4.69, 9.17) is 4.74 Å². The van der Waals surface area contributed by atoms with E-state index in [-0.39, 0.29) is 5.91 Å². The maximum atomic E-state index is 13.2. The number of ether oxygens (including phenoxy) is 1. The van der Waals surface area contributed by atoms with Crippen LogP contribution in [0.5, 0.6) is 5.75 Å². The zero-order chi connectivity index (χ0) is 24.2. The first kappa shape index (κ1) is 23.0. The number of rotatable bonds is 6. The summed E-state index contributed by atoms with van der Waals surface area (Å²) in [6, 6.07) is 20.5. The summed E-state index contributed by atoms with van der Waals surface area (Å²) >= 11 is 0. The molecule has 7 nitrogen and oxygen atoms in total. The highest BCUT2D eigenvalue weighted by Crippen LogP contribution is 2.35. The monoisotopic (exact) mass is 469 g/mol. The van der Waals surface area contributed by atoms with E-state index in [2.05, 4.69) is 31.8 Å². The normalized spacial score (nSPS) is 15.8. The van der Waals surface area contributed by atoms with Gasteiger partial charge < -0.3 is 15.0 Å². The number of para-hydroxylation sites is 3. The first-order chi connectivity index (χ1) is 17.2. The van der Waals surface area contributed by atoms with Crippen molar-refractivity contribution >= 4 is 17.4 Å². The molecule has 1 aromatic heterocycles. The Morgan fingerprint density at radius 3 is 2.46 bits per heavy atom. The zero-order valence-corrected chi connectivity index (χ0v) is 20.2. The topological polar surface area (TPSA) is 73.5 Å². The van der Waals surface area contributed by atoms with Crippen molar-refractivity contribution in [2.45, 2.75) is 25.7 Å². The number of carbonyl (C=O) groups is 1. The minimum absolute atomic E-state index is 0.0840. The van der Waals surface area contributed by atoms with Gasteiger partial charge in [0.15, 0.2) is 0 Å². The summed E-state index contributed by atoms with van der Waals surface area (Å²) in [5.74, 6) is 1.40. The standard InChI is InChI=1S/C28H31N5O2/c1-35-26-14-8-7-13-25(26)32-17-15-31(16-18-32)20-27(34)30-28-23(19-29)22-11-5-6-12-24(22)33(28)21-9-3-2-4-10-21/h2-4,7-10,13-14H,5-6,11-12,15-18,20H2,1H3,(H,30,34). The lowest BCUT2D eigenvalue weighted by Crippen LogP contribution is -2.48. The number of nitriles is 1. The third kappa shape index (κ3) is 4.62. The quantitative estimate of drug-likeness (QED) is 0.591. The first-order valence-corrected chi connectivity index (χ1v) is 12.3. The van der Waals surface area contributed by atoms with E-state index in [0.29, 0.717) is 17.9 Å². The average Bonchev–Trinajstić information content (AvgIpc) is 3.22. The molecule has 0 atom stereocenters. The fourth-order valence-corrected chi connectivity index (χ4v) is 5.31. The first-order valence-electron chi connectivity index (χ1n) is 12.3. The number of fused-ring (bicyclic) bond motifs is 1. The van der Waals surface area contributed by atoms with Gasteiger partial charge in [-0.05, 0) is 55.5 Å². The number of hydrogen-bond acceptors (Lipinski definition) is 5. The number of piperazine rings is 1. The van der Waals surface area contributed by atoms with E-state index in [9.17, 15) is 10.1 Å². The molecule has 1 aliphatic heterocycles. The van der Waals surface area contributed by atoms with Gasteiger partial charge >= 0.3 is 0 Å². The second-order valence-corrected chi connectivity index (χ2v) is 9.12. The van der Waals surface area contributed by atoms with Crippen molar-refractivity contribution in [3.63, 3.8) is 0 Å². The van der Waals surface area contributed by atoms with Crippen LogP contribution in [-0.4, -0.2) is 55.2 Å². The summed E-state index contributed by atoms with van der Waals surface area (Å²) in [5, 5.41) is 13.1. The van der Waals surface area contributed by atoms with Gasteiger partial charge in [0.2, 0.25) is 5.91 Å². The molecule has 1 amide bonds. The second-order valence-electron chi connectivity index (χ2n) is 9.12. The Labute approximate surface area is 206 Å². The van der Waals surface area contributed by atoms with E-state index in [1.165, 1.54) is 0 Å². The SMILES string of the molecule is COc1ccccc1N1CCN(CC(=O)Nc2c(C#N)c3c(n2-c2ccccc2)CCCC3)CC1. The summed E-state index contributed by atoms with van der Waals surface area (Å²) in [7, 11) is 1.69. The van der Waals surface area contributed by atoms with Gasteiger partial charge in [0, 0.05) is 37.6 Å². The molecule has 180 valence electrons. The molecule has 5 rings (SSSR count). The number of nitrogens with zero attached hydrogens (tertiary/aromatic N) is 4. The lowest BCUT2D eigenvalue weighted by Gasteiger charge is -2.36. The highest BCUT2D eigenvalue weighted by molar-refractivity contribution is 5.93. The molecule has 2 heterocycles. The van der Waals surface area contributed by atoms with Crippen molar-refractivity contribution < 1.29 is 9.53 Å². The molecule has 2 aromatic carbocycles. The number of methoxy groups -OCH3 is 1. The van der Waals surface area contributed by atoms with Gasteiger partial charge in [-0.1, -0.05) is 30.3 Å². The molecule has 0 unspecified atom stereocenters. The number of aromatic nitrogens is 1. The fraction of sp³-hybridized carbons (Fsp3) is 0.357.